The number of benzene rings is 2. The molecule has 0 bridgehead atoms. The fourth-order valence-corrected chi connectivity index (χ4v) is 4.42. The van der Waals surface area contributed by atoms with E-state index in [1.807, 2.05) is 19.9 Å². The van der Waals surface area contributed by atoms with Gasteiger partial charge in [-0.05, 0) is 62.2 Å². The van der Waals surface area contributed by atoms with Crippen molar-refractivity contribution in [1.82, 2.24) is 4.90 Å². The fourth-order valence-electron chi connectivity index (χ4n) is 3.03. The van der Waals surface area contributed by atoms with Crippen LogP contribution in [-0.4, -0.2) is 45.4 Å². The van der Waals surface area contributed by atoms with Crippen molar-refractivity contribution in [2.24, 2.45) is 5.92 Å². The van der Waals surface area contributed by atoms with E-state index in [0.29, 0.717) is 23.4 Å². The van der Waals surface area contributed by atoms with E-state index >= 15 is 0 Å². The summed E-state index contributed by atoms with van der Waals surface area (Å²) in [6, 6.07) is 11.5. The number of carbonyl (C=O) groups is 2. The summed E-state index contributed by atoms with van der Waals surface area (Å²) < 4.78 is 32.7. The topological polar surface area (TPSA) is 92.8 Å². The van der Waals surface area contributed by atoms with Gasteiger partial charge >= 0.3 is 5.97 Å². The van der Waals surface area contributed by atoms with Crippen LogP contribution in [0.1, 0.15) is 35.3 Å². The van der Waals surface area contributed by atoms with Gasteiger partial charge in [-0.25, -0.2) is 8.42 Å². The van der Waals surface area contributed by atoms with Crippen LogP contribution >= 0.6 is 0 Å². The molecule has 0 fully saturated rings. The number of amides is 1. The number of esters is 1. The number of rotatable bonds is 8. The Kier molecular flexibility index (Phi) is 7.61. The van der Waals surface area contributed by atoms with Gasteiger partial charge in [-0.2, -0.15) is 0 Å². The van der Waals surface area contributed by atoms with E-state index in [4.69, 9.17) is 4.74 Å². The van der Waals surface area contributed by atoms with E-state index in [0.717, 1.165) is 5.56 Å². The SMILES string of the molecule is CCN(CC(C)C(=O)OC)C(=O)c1ccc(NS(=O)(=O)c2cc(C)ccc2C)cc1. The van der Waals surface area contributed by atoms with Crippen LogP contribution in [0.3, 0.4) is 0 Å². The fraction of sp³-hybridized carbons (Fsp3) is 0.364. The lowest BCUT2D eigenvalue weighted by molar-refractivity contribution is -0.145. The molecule has 0 radical (unpaired) electrons. The van der Waals surface area contributed by atoms with Gasteiger partial charge in [0.05, 0.1) is 17.9 Å². The van der Waals surface area contributed by atoms with Crippen LogP contribution in [0, 0.1) is 19.8 Å². The van der Waals surface area contributed by atoms with E-state index in [9.17, 15) is 18.0 Å². The van der Waals surface area contributed by atoms with Crippen molar-refractivity contribution in [3.63, 3.8) is 0 Å². The summed E-state index contributed by atoms with van der Waals surface area (Å²) in [7, 11) is -2.43. The first-order valence-electron chi connectivity index (χ1n) is 9.66. The minimum atomic E-state index is -3.75. The summed E-state index contributed by atoms with van der Waals surface area (Å²) in [4.78, 5) is 26.2. The summed E-state index contributed by atoms with van der Waals surface area (Å²) in [5.41, 5.74) is 2.27. The zero-order chi connectivity index (χ0) is 22.5. The third kappa shape index (κ3) is 5.60. The summed E-state index contributed by atoms with van der Waals surface area (Å²) in [6.45, 7) is 7.77. The average molecular weight is 433 g/mol. The van der Waals surface area contributed by atoms with Crippen LogP contribution in [-0.2, 0) is 19.6 Å². The second-order valence-corrected chi connectivity index (χ2v) is 8.87. The normalized spacial score (nSPS) is 12.2. The molecule has 1 unspecified atom stereocenters. The molecule has 0 aliphatic heterocycles. The maximum Gasteiger partial charge on any atom is 0.310 e. The van der Waals surface area contributed by atoms with Crippen LogP contribution in [0.4, 0.5) is 5.69 Å². The quantitative estimate of drug-likeness (QED) is 0.646. The summed E-state index contributed by atoms with van der Waals surface area (Å²) in [5, 5.41) is 0. The molecular weight excluding hydrogens is 404 g/mol. The number of methoxy groups -OCH3 is 1. The average Bonchev–Trinajstić information content (AvgIpc) is 2.72. The number of nitrogens with zero attached hydrogens (tertiary/aromatic N) is 1. The van der Waals surface area contributed by atoms with Crippen molar-refractivity contribution >= 4 is 27.6 Å². The molecule has 30 heavy (non-hydrogen) atoms. The second-order valence-electron chi connectivity index (χ2n) is 7.22. The third-order valence-corrected chi connectivity index (χ3v) is 6.31. The van der Waals surface area contributed by atoms with E-state index in [2.05, 4.69) is 4.72 Å². The van der Waals surface area contributed by atoms with Gasteiger partial charge in [-0.3, -0.25) is 14.3 Å². The van der Waals surface area contributed by atoms with Crippen LogP contribution in [0.15, 0.2) is 47.4 Å². The molecule has 0 heterocycles. The molecule has 2 aromatic carbocycles. The molecule has 7 nitrogen and oxygen atoms in total. The van der Waals surface area contributed by atoms with Crippen molar-refractivity contribution in [2.75, 3.05) is 24.9 Å². The molecule has 0 saturated carbocycles. The zero-order valence-corrected chi connectivity index (χ0v) is 18.7. The number of hydrogen-bond donors (Lipinski definition) is 1. The highest BCUT2D eigenvalue weighted by molar-refractivity contribution is 7.92. The van der Waals surface area contributed by atoms with Crippen LogP contribution in [0.5, 0.6) is 0 Å². The molecule has 0 spiro atoms. The Balaban J connectivity index is 2.16. The van der Waals surface area contributed by atoms with E-state index in [1.165, 1.54) is 7.11 Å². The predicted octanol–water partition coefficient (Wildman–Crippen LogP) is 3.38. The molecule has 0 saturated heterocycles. The van der Waals surface area contributed by atoms with Gasteiger partial charge in [0.1, 0.15) is 0 Å². The van der Waals surface area contributed by atoms with Crippen LogP contribution < -0.4 is 4.72 Å². The largest absolute Gasteiger partial charge is 0.469 e. The molecule has 1 N–H and O–H groups in total. The number of sulfonamides is 1. The van der Waals surface area contributed by atoms with E-state index in [1.54, 1.807) is 55.1 Å². The molecule has 162 valence electrons. The Morgan fingerprint density at radius 2 is 1.73 bits per heavy atom. The molecule has 1 amide bonds. The number of ether oxygens (including phenoxy) is 1. The van der Waals surface area contributed by atoms with Gasteiger partial charge in [0.15, 0.2) is 0 Å². The van der Waals surface area contributed by atoms with Crippen LogP contribution in [0.2, 0.25) is 0 Å². The van der Waals surface area contributed by atoms with Crippen LogP contribution in [0.25, 0.3) is 0 Å². The van der Waals surface area contributed by atoms with Gasteiger partial charge in [-0.1, -0.05) is 19.1 Å². The lowest BCUT2D eigenvalue weighted by Crippen LogP contribution is -2.37. The molecular formula is C22H28N2O5S. The van der Waals surface area contributed by atoms with Crippen molar-refractivity contribution in [1.29, 1.82) is 0 Å². The molecule has 0 aromatic heterocycles. The Bertz CT molecular complexity index is 1020. The van der Waals surface area contributed by atoms with Gasteiger partial charge in [0.25, 0.3) is 15.9 Å². The van der Waals surface area contributed by atoms with E-state index in [-0.39, 0.29) is 23.3 Å². The number of anilines is 1. The maximum atomic E-state index is 12.8. The zero-order valence-electron chi connectivity index (χ0n) is 17.9. The lowest BCUT2D eigenvalue weighted by Gasteiger charge is -2.23. The monoisotopic (exact) mass is 432 g/mol. The van der Waals surface area contributed by atoms with Gasteiger partial charge < -0.3 is 9.64 Å². The summed E-state index contributed by atoms with van der Waals surface area (Å²) in [5.74, 6) is -1.06. The molecule has 2 rings (SSSR count). The van der Waals surface area contributed by atoms with Gasteiger partial charge in [0.2, 0.25) is 0 Å². The smallest absolute Gasteiger partial charge is 0.310 e. The third-order valence-electron chi connectivity index (χ3n) is 4.78. The molecule has 2 aromatic rings. The van der Waals surface area contributed by atoms with Crippen molar-refractivity contribution in [3.05, 3.63) is 59.2 Å². The molecule has 0 aliphatic carbocycles. The molecule has 8 heteroatoms. The first kappa shape index (κ1) is 23.4. The Hall–Kier alpha value is -2.87. The van der Waals surface area contributed by atoms with Gasteiger partial charge in [-0.15, -0.1) is 0 Å². The summed E-state index contributed by atoms with van der Waals surface area (Å²) in [6.07, 6.45) is 0. The number of aryl methyl sites for hydroxylation is 2. The first-order chi connectivity index (χ1) is 14.1. The highest BCUT2D eigenvalue weighted by Crippen LogP contribution is 2.21. The van der Waals surface area contributed by atoms with E-state index < -0.39 is 15.9 Å². The highest BCUT2D eigenvalue weighted by atomic mass is 32.2. The van der Waals surface area contributed by atoms with Crippen molar-refractivity contribution in [2.45, 2.75) is 32.6 Å². The Morgan fingerprint density at radius 1 is 1.10 bits per heavy atom. The maximum absolute atomic E-state index is 12.8. The Morgan fingerprint density at radius 3 is 2.30 bits per heavy atom. The van der Waals surface area contributed by atoms with Gasteiger partial charge in [0, 0.05) is 24.3 Å². The standard InChI is InChI=1S/C22H28N2O5S/c1-6-24(14-17(4)22(26)29-5)21(25)18-9-11-19(12-10-18)23-30(27,28)20-13-15(2)7-8-16(20)3/h7-13,17,23H,6,14H2,1-5H3. The Labute approximate surface area is 178 Å². The highest BCUT2D eigenvalue weighted by Gasteiger charge is 2.22. The number of hydrogen-bond acceptors (Lipinski definition) is 5. The number of nitrogens with one attached hydrogen (secondary N) is 1. The first-order valence-corrected chi connectivity index (χ1v) is 11.1. The molecule has 1 atom stereocenters. The van der Waals surface area contributed by atoms with Crippen molar-refractivity contribution < 1.29 is 22.7 Å². The minimum Gasteiger partial charge on any atom is -0.469 e. The lowest BCUT2D eigenvalue weighted by atomic mass is 10.1. The van der Waals surface area contributed by atoms with Crippen molar-refractivity contribution in [3.8, 4) is 0 Å². The molecule has 0 aliphatic rings. The summed E-state index contributed by atoms with van der Waals surface area (Å²) >= 11 is 0. The predicted molar refractivity (Wildman–Crippen MR) is 116 cm³/mol. The minimum absolute atomic E-state index is 0.219. The number of carbonyl (C=O) groups excluding carboxylic acids is 2. The second kappa shape index (κ2) is 9.75.